The van der Waals surface area contributed by atoms with Crippen molar-refractivity contribution < 1.29 is 9.59 Å². The summed E-state index contributed by atoms with van der Waals surface area (Å²) in [6, 6.07) is 8.19. The quantitative estimate of drug-likeness (QED) is 0.896. The molecule has 3 rings (SSSR count). The number of nitrogens with zero attached hydrogens (tertiary/aromatic N) is 3. The first-order chi connectivity index (χ1) is 12.6. The van der Waals surface area contributed by atoms with Crippen molar-refractivity contribution in [3.8, 4) is 0 Å². The average Bonchev–Trinajstić information content (AvgIpc) is 2.92. The Hall–Kier alpha value is -2.08. The summed E-state index contributed by atoms with van der Waals surface area (Å²) >= 11 is 0. The lowest BCUT2D eigenvalue weighted by Crippen LogP contribution is -2.49. The highest BCUT2D eigenvalue weighted by molar-refractivity contribution is 5.92. The summed E-state index contributed by atoms with van der Waals surface area (Å²) in [5.74, 6) is 0.113. The van der Waals surface area contributed by atoms with Crippen LogP contribution < -0.4 is 10.2 Å². The number of anilines is 2. The summed E-state index contributed by atoms with van der Waals surface area (Å²) in [6.07, 6.45) is 5.17. The first-order valence-electron chi connectivity index (χ1n) is 9.74. The van der Waals surface area contributed by atoms with Crippen LogP contribution in [0.5, 0.6) is 0 Å². The van der Waals surface area contributed by atoms with E-state index in [1.54, 1.807) is 6.92 Å². The maximum absolute atomic E-state index is 12.3. The number of piperazine rings is 1. The van der Waals surface area contributed by atoms with Crippen molar-refractivity contribution in [3.63, 3.8) is 0 Å². The summed E-state index contributed by atoms with van der Waals surface area (Å²) < 4.78 is 0. The molecule has 0 spiro atoms. The summed E-state index contributed by atoms with van der Waals surface area (Å²) in [5, 5.41) is 2.99. The molecule has 0 aromatic heterocycles. The third kappa shape index (κ3) is 5.21. The fraction of sp³-hybridized carbons (Fsp3) is 0.600. The lowest BCUT2D eigenvalue weighted by Gasteiger charge is -2.33. The Kier molecular flexibility index (Phi) is 6.50. The third-order valence-electron chi connectivity index (χ3n) is 5.31. The molecule has 6 heteroatoms. The maximum Gasteiger partial charge on any atom is 0.238 e. The molecule has 0 radical (unpaired) electrons. The molecule has 0 bridgehead atoms. The topological polar surface area (TPSA) is 55.9 Å². The van der Waals surface area contributed by atoms with Gasteiger partial charge in [-0.1, -0.05) is 12.8 Å². The van der Waals surface area contributed by atoms with Crippen molar-refractivity contribution >= 4 is 23.2 Å². The van der Waals surface area contributed by atoms with Crippen LogP contribution in [-0.4, -0.2) is 67.4 Å². The zero-order valence-electron chi connectivity index (χ0n) is 15.7. The van der Waals surface area contributed by atoms with E-state index >= 15 is 0 Å². The lowest BCUT2D eigenvalue weighted by molar-refractivity contribution is -0.130. The number of amides is 2. The number of hydrogen-bond donors (Lipinski definition) is 1. The number of benzene rings is 1. The molecule has 0 unspecified atom stereocenters. The second kappa shape index (κ2) is 9.03. The molecule has 6 nitrogen and oxygen atoms in total. The molecular formula is C20H30N4O2. The second-order valence-corrected chi connectivity index (χ2v) is 7.28. The molecule has 0 aliphatic carbocycles. The first-order valence-corrected chi connectivity index (χ1v) is 9.74. The van der Waals surface area contributed by atoms with Crippen molar-refractivity contribution in [1.82, 2.24) is 9.80 Å². The Bertz CT molecular complexity index is 601. The summed E-state index contributed by atoms with van der Waals surface area (Å²) in [7, 11) is 0. The van der Waals surface area contributed by atoms with Crippen LogP contribution in [0.4, 0.5) is 11.4 Å². The second-order valence-electron chi connectivity index (χ2n) is 7.28. The summed E-state index contributed by atoms with van der Waals surface area (Å²) in [6.45, 7) is 7.12. The number of hydrogen-bond acceptors (Lipinski definition) is 4. The van der Waals surface area contributed by atoms with E-state index in [0.717, 1.165) is 31.9 Å². The smallest absolute Gasteiger partial charge is 0.238 e. The Labute approximate surface area is 156 Å². The van der Waals surface area contributed by atoms with Crippen LogP contribution in [0.15, 0.2) is 24.3 Å². The van der Waals surface area contributed by atoms with Crippen LogP contribution in [0.1, 0.15) is 32.6 Å². The van der Waals surface area contributed by atoms with Crippen LogP contribution in [0.3, 0.4) is 0 Å². The minimum Gasteiger partial charge on any atom is -0.372 e. The van der Waals surface area contributed by atoms with Gasteiger partial charge in [-0.2, -0.15) is 0 Å². The lowest BCUT2D eigenvalue weighted by atomic mass is 10.2. The van der Waals surface area contributed by atoms with Gasteiger partial charge in [0.1, 0.15) is 0 Å². The van der Waals surface area contributed by atoms with Crippen molar-refractivity contribution in [1.29, 1.82) is 0 Å². The zero-order valence-corrected chi connectivity index (χ0v) is 15.7. The number of carbonyl (C=O) groups is 2. The van der Waals surface area contributed by atoms with Gasteiger partial charge >= 0.3 is 0 Å². The molecule has 1 aromatic rings. The Morgan fingerprint density at radius 1 is 0.885 bits per heavy atom. The standard InChI is InChI=1S/C20H30N4O2/c1-17(25)23-14-12-22(13-15-23)16-20(26)21-18-6-8-19(9-7-18)24-10-4-2-3-5-11-24/h6-9H,2-5,10-16H2,1H3,(H,21,26). The molecule has 1 aromatic carbocycles. The monoisotopic (exact) mass is 358 g/mol. The molecule has 2 saturated heterocycles. The minimum absolute atomic E-state index is 0.00352. The largest absolute Gasteiger partial charge is 0.372 e. The SMILES string of the molecule is CC(=O)N1CCN(CC(=O)Nc2ccc(N3CCCCCC3)cc2)CC1. The van der Waals surface area contributed by atoms with Crippen LogP contribution in [-0.2, 0) is 9.59 Å². The average molecular weight is 358 g/mol. The summed E-state index contributed by atoms with van der Waals surface area (Å²) in [5.41, 5.74) is 2.08. The van der Waals surface area contributed by atoms with Gasteiger partial charge in [0, 0.05) is 57.6 Å². The van der Waals surface area contributed by atoms with Gasteiger partial charge in [0.15, 0.2) is 0 Å². The van der Waals surface area contributed by atoms with Crippen LogP contribution in [0.2, 0.25) is 0 Å². The van der Waals surface area contributed by atoms with Gasteiger partial charge in [-0.05, 0) is 37.1 Å². The molecule has 1 N–H and O–H groups in total. The number of rotatable bonds is 4. The van der Waals surface area contributed by atoms with E-state index < -0.39 is 0 Å². The van der Waals surface area contributed by atoms with Gasteiger partial charge in [-0.25, -0.2) is 0 Å². The molecule has 142 valence electrons. The van der Waals surface area contributed by atoms with E-state index in [1.807, 2.05) is 17.0 Å². The normalized spacial score (nSPS) is 19.1. The predicted octanol–water partition coefficient (Wildman–Crippen LogP) is 2.17. The van der Waals surface area contributed by atoms with Crippen LogP contribution >= 0.6 is 0 Å². The van der Waals surface area contributed by atoms with Crippen molar-refractivity contribution in [2.75, 3.05) is 56.0 Å². The van der Waals surface area contributed by atoms with Gasteiger partial charge in [0.05, 0.1) is 6.54 Å². The number of carbonyl (C=O) groups excluding carboxylic acids is 2. The fourth-order valence-corrected chi connectivity index (χ4v) is 3.71. The van der Waals surface area contributed by atoms with Crippen LogP contribution in [0.25, 0.3) is 0 Å². The van der Waals surface area contributed by atoms with E-state index in [1.165, 1.54) is 31.4 Å². The van der Waals surface area contributed by atoms with E-state index in [2.05, 4.69) is 27.2 Å². The van der Waals surface area contributed by atoms with Gasteiger partial charge in [-0.15, -0.1) is 0 Å². The first kappa shape index (κ1) is 18.7. The Balaban J connectivity index is 1.46. The molecule has 26 heavy (non-hydrogen) atoms. The van der Waals surface area contributed by atoms with Crippen molar-refractivity contribution in [3.05, 3.63) is 24.3 Å². The molecule has 0 saturated carbocycles. The molecular weight excluding hydrogens is 328 g/mol. The Morgan fingerprint density at radius 2 is 1.50 bits per heavy atom. The van der Waals surface area contributed by atoms with Gasteiger partial charge < -0.3 is 15.1 Å². The fourth-order valence-electron chi connectivity index (χ4n) is 3.71. The number of nitrogens with one attached hydrogen (secondary N) is 1. The van der Waals surface area contributed by atoms with E-state index in [0.29, 0.717) is 19.6 Å². The van der Waals surface area contributed by atoms with Gasteiger partial charge in [-0.3, -0.25) is 14.5 Å². The molecule has 2 aliphatic rings. The summed E-state index contributed by atoms with van der Waals surface area (Å²) in [4.78, 5) is 30.0. The third-order valence-corrected chi connectivity index (χ3v) is 5.31. The van der Waals surface area contributed by atoms with Crippen molar-refractivity contribution in [2.45, 2.75) is 32.6 Å². The highest BCUT2D eigenvalue weighted by Gasteiger charge is 2.20. The van der Waals surface area contributed by atoms with Crippen molar-refractivity contribution in [2.24, 2.45) is 0 Å². The maximum atomic E-state index is 12.3. The van der Waals surface area contributed by atoms with Crippen LogP contribution in [0, 0.1) is 0 Å². The van der Waals surface area contributed by atoms with Gasteiger partial charge in [0.2, 0.25) is 11.8 Å². The Morgan fingerprint density at radius 3 is 2.08 bits per heavy atom. The molecule has 0 atom stereocenters. The molecule has 2 heterocycles. The molecule has 2 aliphatic heterocycles. The zero-order chi connectivity index (χ0) is 18.4. The van der Waals surface area contributed by atoms with E-state index in [9.17, 15) is 9.59 Å². The molecule has 2 amide bonds. The molecule has 2 fully saturated rings. The highest BCUT2D eigenvalue weighted by atomic mass is 16.2. The highest BCUT2D eigenvalue weighted by Crippen LogP contribution is 2.21. The van der Waals surface area contributed by atoms with E-state index in [-0.39, 0.29) is 11.8 Å². The van der Waals surface area contributed by atoms with Gasteiger partial charge in [0.25, 0.3) is 0 Å². The minimum atomic E-state index is 0.00352. The predicted molar refractivity (Wildman–Crippen MR) is 104 cm³/mol. The van der Waals surface area contributed by atoms with E-state index in [4.69, 9.17) is 0 Å².